The molecular formula is C12H14IN3O. The van der Waals surface area contributed by atoms with Gasteiger partial charge in [0, 0.05) is 0 Å². The van der Waals surface area contributed by atoms with Crippen LogP contribution in [0.1, 0.15) is 18.5 Å². The first kappa shape index (κ1) is 12.2. The molecule has 1 aromatic heterocycles. The van der Waals surface area contributed by atoms with Crippen LogP contribution < -0.4 is 10.5 Å². The van der Waals surface area contributed by atoms with Gasteiger partial charge in [-0.3, -0.25) is 0 Å². The molecule has 0 fully saturated rings. The second-order valence-electron chi connectivity index (χ2n) is 3.77. The summed E-state index contributed by atoms with van der Waals surface area (Å²) in [5, 5.41) is 4.29. The molecule has 1 unspecified atom stereocenters. The molecule has 1 heterocycles. The lowest BCUT2D eigenvalue weighted by atomic mass is 10.1. The Morgan fingerprint density at radius 3 is 2.47 bits per heavy atom. The third-order valence-electron chi connectivity index (χ3n) is 2.75. The van der Waals surface area contributed by atoms with E-state index in [-0.39, 0.29) is 6.04 Å². The molecule has 0 spiro atoms. The van der Waals surface area contributed by atoms with Crippen LogP contribution in [0.25, 0.3) is 0 Å². The van der Waals surface area contributed by atoms with Crippen LogP contribution in [-0.4, -0.2) is 16.9 Å². The number of ether oxygens (including phenoxy) is 1. The molecule has 2 aromatic rings. The zero-order valence-electron chi connectivity index (χ0n) is 9.72. The van der Waals surface area contributed by atoms with E-state index in [0.29, 0.717) is 5.82 Å². The molecule has 17 heavy (non-hydrogen) atoms. The Labute approximate surface area is 114 Å². The Kier molecular flexibility index (Phi) is 3.56. The zero-order chi connectivity index (χ0) is 12.4. The second kappa shape index (κ2) is 4.95. The van der Waals surface area contributed by atoms with Gasteiger partial charge < -0.3 is 10.5 Å². The Bertz CT molecular complexity index is 507. The second-order valence-corrected chi connectivity index (χ2v) is 4.93. The lowest BCUT2D eigenvalue weighted by Gasteiger charge is -2.14. The first-order chi connectivity index (χ1) is 8.13. The number of methoxy groups -OCH3 is 1. The van der Waals surface area contributed by atoms with Crippen molar-refractivity contribution < 1.29 is 4.74 Å². The minimum atomic E-state index is 0.115. The summed E-state index contributed by atoms with van der Waals surface area (Å²) in [4.78, 5) is 0. The molecule has 0 saturated heterocycles. The first-order valence-electron chi connectivity index (χ1n) is 5.26. The van der Waals surface area contributed by atoms with Crippen molar-refractivity contribution in [1.82, 2.24) is 9.78 Å². The van der Waals surface area contributed by atoms with Crippen molar-refractivity contribution in [1.29, 1.82) is 0 Å². The standard InChI is InChI=1S/C12H14IN3O/c1-8(16-12(14)11(13)7-15-16)9-3-5-10(17-2)6-4-9/h3-8H,14H2,1-2H3. The SMILES string of the molecule is COc1ccc(C(C)n2ncc(I)c2N)cc1. The highest BCUT2D eigenvalue weighted by molar-refractivity contribution is 14.1. The van der Waals surface area contributed by atoms with Crippen LogP contribution >= 0.6 is 22.6 Å². The van der Waals surface area contributed by atoms with Gasteiger partial charge in [-0.15, -0.1) is 0 Å². The van der Waals surface area contributed by atoms with E-state index < -0.39 is 0 Å². The number of benzene rings is 1. The average molecular weight is 343 g/mol. The predicted octanol–water partition coefficient (Wildman–Crippen LogP) is 2.69. The van der Waals surface area contributed by atoms with E-state index in [1.807, 2.05) is 28.9 Å². The van der Waals surface area contributed by atoms with Crippen molar-refractivity contribution in [3.63, 3.8) is 0 Å². The summed E-state index contributed by atoms with van der Waals surface area (Å²) in [6.07, 6.45) is 1.77. The molecule has 1 aromatic carbocycles. The van der Waals surface area contributed by atoms with Crippen molar-refractivity contribution >= 4 is 28.4 Å². The van der Waals surface area contributed by atoms with E-state index in [9.17, 15) is 0 Å². The largest absolute Gasteiger partial charge is 0.497 e. The van der Waals surface area contributed by atoms with Crippen molar-refractivity contribution in [3.05, 3.63) is 39.6 Å². The topological polar surface area (TPSA) is 53.1 Å². The molecule has 0 radical (unpaired) electrons. The zero-order valence-corrected chi connectivity index (χ0v) is 11.9. The summed E-state index contributed by atoms with van der Waals surface area (Å²) in [5.74, 6) is 1.55. The molecule has 0 bridgehead atoms. The molecular weight excluding hydrogens is 329 g/mol. The third-order valence-corrected chi connectivity index (χ3v) is 3.58. The van der Waals surface area contributed by atoms with Crippen molar-refractivity contribution in [2.24, 2.45) is 0 Å². The summed E-state index contributed by atoms with van der Waals surface area (Å²) in [6.45, 7) is 2.07. The van der Waals surface area contributed by atoms with E-state index in [4.69, 9.17) is 10.5 Å². The van der Waals surface area contributed by atoms with Gasteiger partial charge in [0.2, 0.25) is 0 Å². The molecule has 2 N–H and O–H groups in total. The number of nitrogens with zero attached hydrogens (tertiary/aromatic N) is 2. The van der Waals surface area contributed by atoms with Gasteiger partial charge in [0.15, 0.2) is 0 Å². The van der Waals surface area contributed by atoms with Crippen molar-refractivity contribution in [2.45, 2.75) is 13.0 Å². The summed E-state index contributed by atoms with van der Waals surface area (Å²) in [5.41, 5.74) is 7.12. The molecule has 90 valence electrons. The maximum Gasteiger partial charge on any atom is 0.135 e. The molecule has 0 saturated carbocycles. The van der Waals surface area contributed by atoms with E-state index in [1.54, 1.807) is 13.3 Å². The Morgan fingerprint density at radius 2 is 2.00 bits per heavy atom. The molecule has 4 nitrogen and oxygen atoms in total. The molecule has 0 aliphatic heterocycles. The number of nitrogen functional groups attached to an aromatic ring is 1. The fraction of sp³-hybridized carbons (Fsp3) is 0.250. The number of hydrogen-bond acceptors (Lipinski definition) is 3. The number of halogens is 1. The number of anilines is 1. The number of rotatable bonds is 3. The smallest absolute Gasteiger partial charge is 0.135 e. The van der Waals surface area contributed by atoms with Crippen LogP contribution in [-0.2, 0) is 0 Å². The van der Waals surface area contributed by atoms with Gasteiger partial charge >= 0.3 is 0 Å². The van der Waals surface area contributed by atoms with Crippen molar-refractivity contribution in [2.75, 3.05) is 12.8 Å². The van der Waals surface area contributed by atoms with Crippen LogP contribution in [0.15, 0.2) is 30.5 Å². The fourth-order valence-corrected chi connectivity index (χ4v) is 2.05. The molecule has 1 atom stereocenters. The summed E-state index contributed by atoms with van der Waals surface area (Å²) in [7, 11) is 1.66. The maximum absolute atomic E-state index is 5.97. The average Bonchev–Trinajstić information content (AvgIpc) is 2.69. The maximum atomic E-state index is 5.97. The third kappa shape index (κ3) is 2.38. The van der Waals surface area contributed by atoms with Gasteiger partial charge in [0.05, 0.1) is 22.9 Å². The summed E-state index contributed by atoms with van der Waals surface area (Å²) >= 11 is 2.18. The highest BCUT2D eigenvalue weighted by Gasteiger charge is 2.13. The van der Waals surface area contributed by atoms with Crippen LogP contribution in [0.2, 0.25) is 0 Å². The van der Waals surface area contributed by atoms with Gasteiger partial charge in [-0.2, -0.15) is 5.10 Å². The summed E-state index contributed by atoms with van der Waals surface area (Å²) in [6, 6.07) is 8.05. The lowest BCUT2D eigenvalue weighted by Crippen LogP contribution is -2.11. The number of nitrogens with two attached hydrogens (primary N) is 1. The molecule has 0 aliphatic rings. The minimum Gasteiger partial charge on any atom is -0.497 e. The Balaban J connectivity index is 2.30. The predicted molar refractivity (Wildman–Crippen MR) is 76.2 cm³/mol. The minimum absolute atomic E-state index is 0.115. The monoisotopic (exact) mass is 343 g/mol. The lowest BCUT2D eigenvalue weighted by molar-refractivity contribution is 0.414. The number of aromatic nitrogens is 2. The highest BCUT2D eigenvalue weighted by atomic mass is 127. The Morgan fingerprint density at radius 1 is 1.35 bits per heavy atom. The van der Waals surface area contributed by atoms with E-state index in [1.165, 1.54) is 0 Å². The van der Waals surface area contributed by atoms with Gasteiger partial charge in [-0.25, -0.2) is 4.68 Å². The van der Waals surface area contributed by atoms with E-state index in [2.05, 4.69) is 34.6 Å². The highest BCUT2D eigenvalue weighted by Crippen LogP contribution is 2.24. The van der Waals surface area contributed by atoms with E-state index in [0.717, 1.165) is 14.9 Å². The summed E-state index contributed by atoms with van der Waals surface area (Å²) < 4.78 is 7.93. The van der Waals surface area contributed by atoms with Crippen LogP contribution in [0, 0.1) is 3.57 Å². The van der Waals surface area contributed by atoms with Gasteiger partial charge in [-0.05, 0) is 47.2 Å². The fourth-order valence-electron chi connectivity index (χ4n) is 1.68. The first-order valence-corrected chi connectivity index (χ1v) is 6.33. The van der Waals surface area contributed by atoms with E-state index >= 15 is 0 Å². The molecule has 5 heteroatoms. The van der Waals surface area contributed by atoms with Crippen LogP contribution in [0.5, 0.6) is 5.75 Å². The number of hydrogen-bond donors (Lipinski definition) is 1. The van der Waals surface area contributed by atoms with Gasteiger partial charge in [-0.1, -0.05) is 12.1 Å². The van der Waals surface area contributed by atoms with Crippen LogP contribution in [0.4, 0.5) is 5.82 Å². The molecule has 2 rings (SSSR count). The molecule has 0 aliphatic carbocycles. The molecule has 0 amide bonds. The van der Waals surface area contributed by atoms with Gasteiger partial charge in [0.25, 0.3) is 0 Å². The van der Waals surface area contributed by atoms with Crippen molar-refractivity contribution in [3.8, 4) is 5.75 Å². The van der Waals surface area contributed by atoms with Gasteiger partial charge in [0.1, 0.15) is 11.6 Å². The Hall–Kier alpha value is -1.24. The quantitative estimate of drug-likeness (QED) is 0.872. The van der Waals surface area contributed by atoms with Crippen LogP contribution in [0.3, 0.4) is 0 Å². The normalized spacial score (nSPS) is 12.4.